The molecule has 2 N–H and O–H groups in total. The number of sulfonamides is 1. The van der Waals surface area contributed by atoms with Gasteiger partial charge in [0.25, 0.3) is 10.0 Å². The van der Waals surface area contributed by atoms with Crippen LogP contribution in [0.1, 0.15) is 46.5 Å². The van der Waals surface area contributed by atoms with Crippen LogP contribution in [-0.2, 0) is 19.7 Å². The summed E-state index contributed by atoms with van der Waals surface area (Å²) in [6.07, 6.45) is 3.90. The van der Waals surface area contributed by atoms with Gasteiger partial charge >= 0.3 is 0 Å². The van der Waals surface area contributed by atoms with E-state index in [2.05, 4.69) is 10.6 Å². The number of rotatable bonds is 9. The van der Waals surface area contributed by atoms with Gasteiger partial charge in [0.2, 0.25) is 5.91 Å². The third-order valence-corrected chi connectivity index (χ3v) is 6.00. The van der Waals surface area contributed by atoms with E-state index in [-0.39, 0.29) is 22.9 Å². The highest BCUT2D eigenvalue weighted by molar-refractivity contribution is 7.89. The molecule has 0 heterocycles. The molecular formula is C18H29N3O4S. The molecule has 0 radical (unpaired) electrons. The number of amides is 1. The smallest absolute Gasteiger partial charge is 0.265 e. The van der Waals surface area contributed by atoms with Crippen molar-refractivity contribution in [3.8, 4) is 0 Å². The number of carbonyl (C=O) groups excluding carboxylic acids is 1. The Morgan fingerprint density at radius 3 is 2.58 bits per heavy atom. The molecule has 1 aliphatic rings. The van der Waals surface area contributed by atoms with Gasteiger partial charge in [-0.3, -0.25) is 9.63 Å². The van der Waals surface area contributed by atoms with Gasteiger partial charge in [0.15, 0.2) is 0 Å². The Morgan fingerprint density at radius 2 is 1.96 bits per heavy atom. The van der Waals surface area contributed by atoms with Crippen LogP contribution < -0.4 is 10.6 Å². The molecule has 26 heavy (non-hydrogen) atoms. The van der Waals surface area contributed by atoms with Crippen molar-refractivity contribution in [2.45, 2.75) is 63.5 Å². The fourth-order valence-electron chi connectivity index (χ4n) is 2.91. The molecule has 1 saturated carbocycles. The molecule has 1 aromatic carbocycles. The van der Waals surface area contributed by atoms with Gasteiger partial charge in [-0.05, 0) is 44.9 Å². The molecule has 0 unspecified atom stereocenters. The zero-order valence-corrected chi connectivity index (χ0v) is 16.5. The van der Waals surface area contributed by atoms with Gasteiger partial charge in [0, 0.05) is 31.7 Å². The number of benzene rings is 1. The monoisotopic (exact) mass is 383 g/mol. The summed E-state index contributed by atoms with van der Waals surface area (Å²) < 4.78 is 27.2. The number of nitrogens with zero attached hydrogens (tertiary/aromatic N) is 1. The SMILES string of the molecule is CC(=O)NCCNc1cccc(S(=O)(=O)N(OC2CCCC2)C(C)C)c1. The molecule has 1 aromatic rings. The van der Waals surface area contributed by atoms with Crippen LogP contribution in [0.3, 0.4) is 0 Å². The molecule has 7 nitrogen and oxygen atoms in total. The fourth-order valence-corrected chi connectivity index (χ4v) is 4.44. The number of anilines is 1. The molecule has 8 heteroatoms. The highest BCUT2D eigenvalue weighted by Gasteiger charge is 2.32. The Morgan fingerprint density at radius 1 is 1.27 bits per heavy atom. The van der Waals surface area contributed by atoms with E-state index in [9.17, 15) is 13.2 Å². The van der Waals surface area contributed by atoms with E-state index in [1.807, 2.05) is 13.8 Å². The van der Waals surface area contributed by atoms with Gasteiger partial charge in [-0.15, -0.1) is 0 Å². The second-order valence-corrected chi connectivity index (χ2v) is 8.59. The second-order valence-electron chi connectivity index (χ2n) is 6.80. The van der Waals surface area contributed by atoms with Crippen LogP contribution in [0.4, 0.5) is 5.69 Å². The number of carbonyl (C=O) groups is 1. The molecule has 1 fully saturated rings. The summed E-state index contributed by atoms with van der Waals surface area (Å²) >= 11 is 0. The molecular weight excluding hydrogens is 354 g/mol. The standard InChI is InChI=1S/C18H29N3O4S/c1-14(2)21(25-17-8-4-5-9-17)26(23,24)18-10-6-7-16(13-18)20-12-11-19-15(3)22/h6-7,10,13-14,17,20H,4-5,8-9,11-12H2,1-3H3,(H,19,22). The van der Waals surface area contributed by atoms with Gasteiger partial charge in [0.05, 0.1) is 11.0 Å². The first-order valence-electron chi connectivity index (χ1n) is 9.10. The topological polar surface area (TPSA) is 87.7 Å². The van der Waals surface area contributed by atoms with Crippen molar-refractivity contribution in [1.29, 1.82) is 0 Å². The Labute approximate surface area is 156 Å². The lowest BCUT2D eigenvalue weighted by molar-refractivity contribution is -0.146. The average Bonchev–Trinajstić information content (AvgIpc) is 3.09. The molecule has 1 aliphatic carbocycles. The average molecular weight is 384 g/mol. The minimum absolute atomic E-state index is 0.0360. The van der Waals surface area contributed by atoms with E-state index in [1.165, 1.54) is 6.92 Å². The molecule has 0 spiro atoms. The van der Waals surface area contributed by atoms with Crippen LogP contribution >= 0.6 is 0 Å². The van der Waals surface area contributed by atoms with Crippen LogP contribution in [0.2, 0.25) is 0 Å². The summed E-state index contributed by atoms with van der Waals surface area (Å²) in [6.45, 7) is 6.05. The van der Waals surface area contributed by atoms with Gasteiger partial charge in [0.1, 0.15) is 0 Å². The fraction of sp³-hybridized carbons (Fsp3) is 0.611. The van der Waals surface area contributed by atoms with E-state index in [1.54, 1.807) is 24.3 Å². The van der Waals surface area contributed by atoms with Crippen molar-refractivity contribution < 1.29 is 18.0 Å². The first-order chi connectivity index (χ1) is 12.3. The number of nitrogens with one attached hydrogen (secondary N) is 2. The molecule has 0 bridgehead atoms. The number of hydrogen-bond acceptors (Lipinski definition) is 5. The molecule has 0 aromatic heterocycles. The number of hydrogen-bond donors (Lipinski definition) is 2. The third kappa shape index (κ3) is 5.69. The first kappa shape index (κ1) is 20.7. The van der Waals surface area contributed by atoms with Crippen molar-refractivity contribution in [1.82, 2.24) is 9.79 Å². The summed E-state index contributed by atoms with van der Waals surface area (Å²) in [6, 6.07) is 6.36. The normalized spacial score (nSPS) is 15.6. The van der Waals surface area contributed by atoms with E-state index in [0.717, 1.165) is 30.2 Å². The highest BCUT2D eigenvalue weighted by atomic mass is 32.2. The summed E-state index contributed by atoms with van der Waals surface area (Å²) in [5.41, 5.74) is 0.681. The number of hydroxylamine groups is 1. The zero-order valence-electron chi connectivity index (χ0n) is 15.7. The van der Waals surface area contributed by atoms with Crippen LogP contribution in [-0.4, -0.2) is 44.0 Å². The van der Waals surface area contributed by atoms with Crippen LogP contribution in [0.25, 0.3) is 0 Å². The summed E-state index contributed by atoms with van der Waals surface area (Å²) in [5.74, 6) is -0.0974. The van der Waals surface area contributed by atoms with E-state index in [4.69, 9.17) is 4.84 Å². The van der Waals surface area contributed by atoms with Crippen LogP contribution in [0.5, 0.6) is 0 Å². The lowest BCUT2D eigenvalue weighted by atomic mass is 10.3. The molecule has 0 atom stereocenters. The maximum absolute atomic E-state index is 13.0. The zero-order chi connectivity index (χ0) is 19.2. The Kier molecular flexibility index (Phi) is 7.43. The van der Waals surface area contributed by atoms with Gasteiger partial charge in [-0.2, -0.15) is 0 Å². The van der Waals surface area contributed by atoms with Gasteiger partial charge in [-0.1, -0.05) is 23.4 Å². The predicted octanol–water partition coefficient (Wildman–Crippen LogP) is 2.51. The van der Waals surface area contributed by atoms with Crippen LogP contribution in [0.15, 0.2) is 29.2 Å². The van der Waals surface area contributed by atoms with Crippen LogP contribution in [0, 0.1) is 0 Å². The maximum atomic E-state index is 13.0. The summed E-state index contributed by atoms with van der Waals surface area (Å²) in [5, 5.41) is 5.80. The van der Waals surface area contributed by atoms with Gasteiger partial charge in [-0.25, -0.2) is 8.42 Å². The van der Waals surface area contributed by atoms with Crippen molar-refractivity contribution >= 4 is 21.6 Å². The molecule has 0 saturated heterocycles. The lowest BCUT2D eigenvalue weighted by Crippen LogP contribution is -2.39. The molecule has 0 aliphatic heterocycles. The van der Waals surface area contributed by atoms with Crippen molar-refractivity contribution in [3.05, 3.63) is 24.3 Å². The van der Waals surface area contributed by atoms with E-state index < -0.39 is 10.0 Å². The second kappa shape index (κ2) is 9.34. The largest absolute Gasteiger partial charge is 0.383 e. The van der Waals surface area contributed by atoms with Gasteiger partial charge < -0.3 is 10.6 Å². The quantitative estimate of drug-likeness (QED) is 0.505. The van der Waals surface area contributed by atoms with Crippen molar-refractivity contribution in [3.63, 3.8) is 0 Å². The summed E-state index contributed by atoms with van der Waals surface area (Å²) in [4.78, 5) is 16.9. The Bertz CT molecular complexity index is 700. The first-order valence-corrected chi connectivity index (χ1v) is 10.5. The molecule has 146 valence electrons. The van der Waals surface area contributed by atoms with E-state index in [0.29, 0.717) is 18.8 Å². The molecule has 1 amide bonds. The van der Waals surface area contributed by atoms with Crippen molar-refractivity contribution in [2.75, 3.05) is 18.4 Å². The minimum atomic E-state index is -3.75. The Hall–Kier alpha value is -1.64. The van der Waals surface area contributed by atoms with Crippen molar-refractivity contribution in [2.24, 2.45) is 0 Å². The lowest BCUT2D eigenvalue weighted by Gasteiger charge is -2.28. The highest BCUT2D eigenvalue weighted by Crippen LogP contribution is 2.27. The predicted molar refractivity (Wildman–Crippen MR) is 101 cm³/mol. The van der Waals surface area contributed by atoms with E-state index >= 15 is 0 Å². The minimum Gasteiger partial charge on any atom is -0.383 e. The third-order valence-electron chi connectivity index (χ3n) is 4.17. The molecule has 2 rings (SSSR count). The summed E-state index contributed by atoms with van der Waals surface area (Å²) in [7, 11) is -3.75. The Balaban J connectivity index is 2.10. The maximum Gasteiger partial charge on any atom is 0.265 e.